The molecule has 7 heteroatoms. The van der Waals surface area contributed by atoms with Crippen LogP contribution < -0.4 is 0 Å². The van der Waals surface area contributed by atoms with Crippen molar-refractivity contribution in [1.29, 1.82) is 0 Å². The molecule has 0 aromatic rings. The van der Waals surface area contributed by atoms with Gasteiger partial charge < -0.3 is 18.9 Å². The maximum Gasteiger partial charge on any atom is 0.303 e. The van der Waals surface area contributed by atoms with Gasteiger partial charge in [0.1, 0.15) is 6.10 Å². The maximum absolute atomic E-state index is 12.8. The number of hydrogen-bond donors (Lipinski definition) is 0. The Labute approximate surface area is 259 Å². The highest BCUT2D eigenvalue weighted by molar-refractivity contribution is 5.93. The van der Waals surface area contributed by atoms with Crippen LogP contribution in [0.4, 0.5) is 0 Å². The van der Waals surface area contributed by atoms with Crippen molar-refractivity contribution in [3.05, 3.63) is 24.3 Å². The molecular weight excluding hydrogens is 544 g/mol. The Morgan fingerprint density at radius 3 is 2.37 bits per heavy atom. The van der Waals surface area contributed by atoms with Crippen LogP contribution in [0.2, 0.25) is 0 Å². The Kier molecular flexibility index (Phi) is 7.03. The SMILES string of the molecule is C=C1C(C)COC1(OC)[C@H](OC(C)=O)[C@@H](C)[C@H]1[C@@H](OC(C)=O)C[C@@]2(C)[C@@H]3CCC4[C@H](C)C(=O)C=CC45C(C)C35CC[C@]12C.[HH]. The van der Waals surface area contributed by atoms with Crippen LogP contribution >= 0.6 is 0 Å². The van der Waals surface area contributed by atoms with Crippen LogP contribution in [0.25, 0.3) is 0 Å². The Morgan fingerprint density at radius 2 is 1.79 bits per heavy atom. The number of esters is 2. The number of rotatable bonds is 6. The molecule has 6 aliphatic rings. The largest absolute Gasteiger partial charge is 0.462 e. The van der Waals surface area contributed by atoms with Crippen LogP contribution in [0, 0.1) is 63.1 Å². The first kappa shape index (κ1) is 31.0. The van der Waals surface area contributed by atoms with Crippen molar-refractivity contribution < 1.29 is 34.8 Å². The summed E-state index contributed by atoms with van der Waals surface area (Å²) >= 11 is 0. The van der Waals surface area contributed by atoms with Crippen LogP contribution in [0.3, 0.4) is 0 Å². The Morgan fingerprint density at radius 1 is 1.09 bits per heavy atom. The number of ketones is 1. The zero-order valence-electron chi connectivity index (χ0n) is 27.7. The lowest BCUT2D eigenvalue weighted by molar-refractivity contribution is -0.256. The minimum absolute atomic E-state index is 0. The molecule has 2 spiro atoms. The van der Waals surface area contributed by atoms with Crippen molar-refractivity contribution in [2.24, 2.45) is 63.1 Å². The lowest BCUT2D eigenvalue weighted by atomic mass is 9.43. The molecule has 7 nitrogen and oxygen atoms in total. The minimum atomic E-state index is -1.26. The monoisotopic (exact) mass is 598 g/mol. The topological polar surface area (TPSA) is 88.1 Å². The molecule has 1 saturated heterocycles. The number of fused-ring (bicyclic) bond motifs is 2. The van der Waals surface area contributed by atoms with E-state index in [4.69, 9.17) is 18.9 Å². The van der Waals surface area contributed by atoms with Gasteiger partial charge in [0.25, 0.3) is 0 Å². The van der Waals surface area contributed by atoms with Crippen molar-refractivity contribution in [3.8, 4) is 0 Å². The van der Waals surface area contributed by atoms with Gasteiger partial charge in [0.05, 0.1) is 6.61 Å². The second-order valence-corrected chi connectivity index (χ2v) is 15.7. The van der Waals surface area contributed by atoms with Crippen molar-refractivity contribution in [2.45, 2.75) is 105 Å². The van der Waals surface area contributed by atoms with E-state index in [0.717, 1.165) is 37.7 Å². The summed E-state index contributed by atoms with van der Waals surface area (Å²) in [4.78, 5) is 38.1. The molecule has 4 saturated carbocycles. The fraction of sp³-hybridized carbons (Fsp3) is 0.806. The maximum atomic E-state index is 12.8. The summed E-state index contributed by atoms with van der Waals surface area (Å²) in [5.74, 6) is -0.558. The van der Waals surface area contributed by atoms with Gasteiger partial charge in [0.15, 0.2) is 11.9 Å². The number of methoxy groups -OCH3 is 1. The summed E-state index contributed by atoms with van der Waals surface area (Å²) in [6, 6.07) is 0. The molecule has 0 bridgehead atoms. The van der Waals surface area contributed by atoms with Crippen LogP contribution in [0.15, 0.2) is 24.3 Å². The first-order valence-corrected chi connectivity index (χ1v) is 16.5. The molecule has 43 heavy (non-hydrogen) atoms. The van der Waals surface area contributed by atoms with Gasteiger partial charge in [-0.25, -0.2) is 0 Å². The Bertz CT molecular complexity index is 1280. The molecule has 6 unspecified atom stereocenters. The first-order valence-electron chi connectivity index (χ1n) is 16.5. The van der Waals surface area contributed by atoms with Gasteiger partial charge in [-0.1, -0.05) is 54.2 Å². The second kappa shape index (κ2) is 9.75. The quantitative estimate of drug-likeness (QED) is 0.253. The molecule has 6 rings (SSSR count). The van der Waals surface area contributed by atoms with Gasteiger partial charge in [0.2, 0.25) is 5.79 Å². The third-order valence-electron chi connectivity index (χ3n) is 14.6. The summed E-state index contributed by atoms with van der Waals surface area (Å²) in [7, 11) is 1.59. The average molecular weight is 599 g/mol. The van der Waals surface area contributed by atoms with Gasteiger partial charge in [-0.05, 0) is 77.8 Å². The van der Waals surface area contributed by atoms with Crippen molar-refractivity contribution in [2.75, 3.05) is 13.7 Å². The minimum Gasteiger partial charge on any atom is -0.462 e. The summed E-state index contributed by atoms with van der Waals surface area (Å²) in [5.41, 5.74) is 0.673. The van der Waals surface area contributed by atoms with Crippen LogP contribution in [-0.2, 0) is 33.3 Å². The fourth-order valence-corrected chi connectivity index (χ4v) is 12.6. The molecule has 0 aromatic heterocycles. The predicted octanol–water partition coefficient (Wildman–Crippen LogP) is 6.55. The van der Waals surface area contributed by atoms with Crippen LogP contribution in [0.1, 0.15) is 88.9 Å². The first-order chi connectivity index (χ1) is 20.1. The van der Waals surface area contributed by atoms with Crippen molar-refractivity contribution in [1.82, 2.24) is 0 Å². The highest BCUT2D eigenvalue weighted by Gasteiger charge is 2.85. The van der Waals surface area contributed by atoms with E-state index in [2.05, 4.69) is 47.3 Å². The Hall–Kier alpha value is -1.99. The summed E-state index contributed by atoms with van der Waals surface area (Å²) in [6.45, 7) is 21.3. The van der Waals surface area contributed by atoms with Gasteiger partial charge in [-0.2, -0.15) is 0 Å². The van der Waals surface area contributed by atoms with Crippen LogP contribution in [0.5, 0.6) is 0 Å². The van der Waals surface area contributed by atoms with Crippen LogP contribution in [-0.4, -0.2) is 49.4 Å². The number of hydrogen-bond acceptors (Lipinski definition) is 7. The molecule has 0 amide bonds. The Balaban J connectivity index is 0.00000384. The third-order valence-corrected chi connectivity index (χ3v) is 14.6. The van der Waals surface area contributed by atoms with Crippen molar-refractivity contribution in [3.63, 3.8) is 0 Å². The van der Waals surface area contributed by atoms with E-state index in [0.29, 0.717) is 24.4 Å². The molecule has 240 valence electrons. The fourth-order valence-electron chi connectivity index (χ4n) is 12.6. The van der Waals surface area contributed by atoms with Gasteiger partial charge in [-0.15, -0.1) is 0 Å². The lowest BCUT2D eigenvalue weighted by Gasteiger charge is -2.61. The zero-order chi connectivity index (χ0) is 31.5. The van der Waals surface area contributed by atoms with Gasteiger partial charge in [0, 0.05) is 51.5 Å². The van der Waals surface area contributed by atoms with E-state index in [-0.39, 0.29) is 64.6 Å². The number of carbonyl (C=O) groups excluding carboxylic acids is 3. The number of ether oxygens (including phenoxy) is 4. The predicted molar refractivity (Wildman–Crippen MR) is 163 cm³/mol. The molecular formula is C36H54O7. The van der Waals surface area contributed by atoms with Crippen molar-refractivity contribution >= 4 is 17.7 Å². The summed E-state index contributed by atoms with van der Waals surface area (Å²) in [6.07, 6.45) is 8.06. The van der Waals surface area contributed by atoms with E-state index < -0.39 is 17.9 Å². The van der Waals surface area contributed by atoms with E-state index in [9.17, 15) is 14.4 Å². The molecule has 5 aliphatic carbocycles. The number of allylic oxidation sites excluding steroid dienone is 2. The molecule has 0 aromatic carbocycles. The standard InChI is InChI=1S/C36H52O7.H2/c1-19-18-41-36(40-10,22(19)4)31(43-25(7)38)21(3)30-28(42-24(6)37)17-33(9)29-12-11-26-20(2)27(39)13-14-34(26)23(5)35(29,34)16-15-32(30,33)8;/h13-14,19-21,23,26,28-31H,4,11-12,15-18H2,1-3,5-10H3;1H/t19?,20-,21-,23?,26?,28-,29-,30-,31+,32+,33-,34?,35?,36?;/m0./s1. The highest BCUT2D eigenvalue weighted by Crippen LogP contribution is 2.89. The zero-order valence-corrected chi connectivity index (χ0v) is 27.7. The third kappa shape index (κ3) is 3.64. The molecule has 1 heterocycles. The van der Waals surface area contributed by atoms with E-state index in [1.54, 1.807) is 7.11 Å². The lowest BCUT2D eigenvalue weighted by Crippen LogP contribution is -2.58. The molecule has 5 fully saturated rings. The molecule has 0 radical (unpaired) electrons. The van der Waals surface area contributed by atoms with Gasteiger partial charge in [-0.3, -0.25) is 14.4 Å². The normalized spacial score (nSPS) is 51.0. The van der Waals surface area contributed by atoms with Gasteiger partial charge >= 0.3 is 11.9 Å². The molecule has 1 aliphatic heterocycles. The number of carbonyl (C=O) groups is 3. The molecule has 14 atom stereocenters. The van der Waals surface area contributed by atoms with E-state index in [1.807, 2.05) is 13.0 Å². The summed E-state index contributed by atoms with van der Waals surface area (Å²) < 4.78 is 24.8. The molecule has 0 N–H and O–H groups in total. The van der Waals surface area contributed by atoms with E-state index in [1.165, 1.54) is 13.8 Å². The average Bonchev–Trinajstić information content (AvgIpc) is 3.19. The second-order valence-electron chi connectivity index (χ2n) is 15.7. The smallest absolute Gasteiger partial charge is 0.303 e. The van der Waals surface area contributed by atoms with E-state index >= 15 is 0 Å². The highest BCUT2D eigenvalue weighted by atomic mass is 16.7. The summed E-state index contributed by atoms with van der Waals surface area (Å²) in [5, 5.41) is 0.